The third-order valence-electron chi connectivity index (χ3n) is 4.34. The number of halogens is 3. The zero-order valence-corrected chi connectivity index (χ0v) is 13.5. The van der Waals surface area contributed by atoms with Crippen LogP contribution in [0.5, 0.6) is 5.75 Å². The molecule has 0 spiro atoms. The van der Waals surface area contributed by atoms with Crippen LogP contribution < -0.4 is 10.1 Å². The summed E-state index contributed by atoms with van der Waals surface area (Å²) in [5, 5.41) is 18.3. The van der Waals surface area contributed by atoms with Crippen molar-refractivity contribution in [1.82, 2.24) is 20.1 Å². The lowest BCUT2D eigenvalue weighted by atomic mass is 9.95. The maximum absolute atomic E-state index is 12.3. The van der Waals surface area contributed by atoms with Gasteiger partial charge in [-0.05, 0) is 35.9 Å². The zero-order chi connectivity index (χ0) is 18.3. The summed E-state index contributed by atoms with van der Waals surface area (Å²) in [5.74, 6) is -0.0915. The van der Waals surface area contributed by atoms with Gasteiger partial charge in [0.2, 0.25) is 0 Å². The van der Waals surface area contributed by atoms with E-state index in [-0.39, 0.29) is 18.3 Å². The molecule has 0 radical (unpaired) electrons. The first-order chi connectivity index (χ1) is 12.5. The molecule has 136 valence electrons. The summed E-state index contributed by atoms with van der Waals surface area (Å²) in [6.45, 7) is 1.42. The molecule has 1 fully saturated rings. The molecule has 0 bridgehead atoms. The number of fused-ring (bicyclic) bond motifs is 1. The topological polar surface area (TPSA) is 72.2 Å². The summed E-state index contributed by atoms with van der Waals surface area (Å²) in [7, 11) is 0. The molecule has 1 aliphatic heterocycles. The van der Waals surface area contributed by atoms with Crippen LogP contribution in [0.25, 0.3) is 16.7 Å². The third-order valence-corrected chi connectivity index (χ3v) is 4.34. The van der Waals surface area contributed by atoms with Crippen molar-refractivity contribution in [3.63, 3.8) is 0 Å². The minimum atomic E-state index is -4.73. The molecule has 3 heterocycles. The maximum atomic E-state index is 12.3. The van der Waals surface area contributed by atoms with Gasteiger partial charge in [0.1, 0.15) is 5.75 Å². The fourth-order valence-corrected chi connectivity index (χ4v) is 3.00. The van der Waals surface area contributed by atoms with Crippen molar-refractivity contribution in [2.24, 2.45) is 0 Å². The van der Waals surface area contributed by atoms with Gasteiger partial charge in [-0.3, -0.25) is 0 Å². The Labute approximate surface area is 146 Å². The van der Waals surface area contributed by atoms with Gasteiger partial charge in [0.25, 0.3) is 0 Å². The van der Waals surface area contributed by atoms with Gasteiger partial charge < -0.3 is 15.2 Å². The van der Waals surface area contributed by atoms with E-state index in [0.717, 1.165) is 29.7 Å². The van der Waals surface area contributed by atoms with Crippen LogP contribution >= 0.6 is 0 Å². The molecular formula is C17H15F3N4O2. The lowest BCUT2D eigenvalue weighted by Crippen LogP contribution is -2.40. The first-order valence-corrected chi connectivity index (χ1v) is 8.00. The van der Waals surface area contributed by atoms with Crippen LogP contribution in [0.4, 0.5) is 13.2 Å². The van der Waals surface area contributed by atoms with E-state index in [2.05, 4.69) is 20.1 Å². The van der Waals surface area contributed by atoms with Gasteiger partial charge in [0, 0.05) is 30.6 Å². The molecule has 0 saturated carbocycles. The molecule has 9 heteroatoms. The quantitative estimate of drug-likeness (QED) is 0.744. The lowest BCUT2D eigenvalue weighted by molar-refractivity contribution is -0.274. The molecule has 6 nitrogen and oxygen atoms in total. The molecule has 4 rings (SSSR count). The van der Waals surface area contributed by atoms with Gasteiger partial charge in [0.05, 0.1) is 18.0 Å². The third kappa shape index (κ3) is 2.99. The monoisotopic (exact) mass is 364 g/mol. The Morgan fingerprint density at radius 1 is 1.19 bits per heavy atom. The second-order valence-electron chi connectivity index (χ2n) is 6.02. The van der Waals surface area contributed by atoms with E-state index < -0.39 is 6.36 Å². The molecule has 1 aromatic carbocycles. The van der Waals surface area contributed by atoms with Crippen molar-refractivity contribution in [2.45, 2.75) is 18.9 Å². The fraction of sp³-hybridized carbons (Fsp3) is 0.294. The number of aliphatic hydroxyl groups excluding tert-OH is 1. The second kappa shape index (κ2) is 6.26. The Balaban J connectivity index is 1.79. The van der Waals surface area contributed by atoms with E-state index in [4.69, 9.17) is 0 Å². The molecule has 0 unspecified atom stereocenters. The number of benzene rings is 1. The van der Waals surface area contributed by atoms with Crippen molar-refractivity contribution in [3.8, 4) is 11.4 Å². The summed E-state index contributed by atoms with van der Waals surface area (Å²) < 4.78 is 42.4. The zero-order valence-electron chi connectivity index (χ0n) is 13.5. The van der Waals surface area contributed by atoms with Crippen molar-refractivity contribution >= 4 is 11.0 Å². The SMILES string of the molecule is OCc1ccnc2c1c(C1CNC1)nn2-c1ccc(OC(F)(F)F)cc1. The molecule has 1 aliphatic rings. The van der Waals surface area contributed by atoms with Gasteiger partial charge in [-0.2, -0.15) is 5.10 Å². The molecular weight excluding hydrogens is 349 g/mol. The Hall–Kier alpha value is -2.65. The highest BCUT2D eigenvalue weighted by atomic mass is 19.4. The van der Waals surface area contributed by atoms with Crippen LogP contribution in [0, 0.1) is 0 Å². The van der Waals surface area contributed by atoms with Gasteiger partial charge in [-0.1, -0.05) is 0 Å². The maximum Gasteiger partial charge on any atom is 0.573 e. The van der Waals surface area contributed by atoms with E-state index in [1.807, 2.05) is 0 Å². The number of rotatable bonds is 4. The highest BCUT2D eigenvalue weighted by Gasteiger charge is 2.31. The van der Waals surface area contributed by atoms with Crippen LogP contribution in [0.2, 0.25) is 0 Å². The summed E-state index contributed by atoms with van der Waals surface area (Å²) in [6.07, 6.45) is -3.15. The van der Waals surface area contributed by atoms with Crippen molar-refractivity contribution in [1.29, 1.82) is 0 Å². The average Bonchev–Trinajstić information content (AvgIpc) is 2.92. The standard InChI is InChI=1S/C17H15F3N4O2/c18-17(19,20)26-13-3-1-12(2-4-13)24-16-14(10(9-25)5-6-22-16)15(23-24)11-7-21-8-11/h1-6,11,21,25H,7-9H2. The van der Waals surface area contributed by atoms with E-state index in [0.29, 0.717) is 11.3 Å². The first-order valence-electron chi connectivity index (χ1n) is 8.00. The molecule has 0 atom stereocenters. The summed E-state index contributed by atoms with van der Waals surface area (Å²) in [6, 6.07) is 7.19. The van der Waals surface area contributed by atoms with Gasteiger partial charge in [-0.25, -0.2) is 9.67 Å². The summed E-state index contributed by atoms with van der Waals surface area (Å²) >= 11 is 0. The molecule has 2 N–H and O–H groups in total. The molecule has 26 heavy (non-hydrogen) atoms. The van der Waals surface area contributed by atoms with Gasteiger partial charge in [0.15, 0.2) is 5.65 Å². The Kier molecular flexibility index (Phi) is 4.04. The summed E-state index contributed by atoms with van der Waals surface area (Å²) in [4.78, 5) is 4.37. The van der Waals surface area contributed by atoms with E-state index in [9.17, 15) is 18.3 Å². The second-order valence-corrected chi connectivity index (χ2v) is 6.02. The van der Waals surface area contributed by atoms with E-state index in [1.165, 1.54) is 24.3 Å². The number of aliphatic hydroxyl groups is 1. The van der Waals surface area contributed by atoms with Crippen molar-refractivity contribution in [2.75, 3.05) is 13.1 Å². The fourth-order valence-electron chi connectivity index (χ4n) is 3.00. The van der Waals surface area contributed by atoms with Crippen LogP contribution in [0.1, 0.15) is 17.2 Å². The number of hydrogen-bond donors (Lipinski definition) is 2. The minimum absolute atomic E-state index is 0.143. The average molecular weight is 364 g/mol. The highest BCUT2D eigenvalue weighted by Crippen LogP contribution is 2.31. The normalized spacial score (nSPS) is 15.2. The van der Waals surface area contributed by atoms with Crippen LogP contribution in [-0.4, -0.2) is 39.3 Å². The first kappa shape index (κ1) is 16.8. The van der Waals surface area contributed by atoms with Crippen LogP contribution in [-0.2, 0) is 6.61 Å². The lowest BCUT2D eigenvalue weighted by Gasteiger charge is -2.25. The molecule has 3 aromatic rings. The highest BCUT2D eigenvalue weighted by molar-refractivity contribution is 5.84. The van der Waals surface area contributed by atoms with Crippen molar-refractivity contribution in [3.05, 3.63) is 47.8 Å². The largest absolute Gasteiger partial charge is 0.573 e. The minimum Gasteiger partial charge on any atom is -0.406 e. The Bertz CT molecular complexity index is 934. The Morgan fingerprint density at radius 3 is 2.50 bits per heavy atom. The van der Waals surface area contributed by atoms with Gasteiger partial charge in [-0.15, -0.1) is 13.2 Å². The predicted octanol–water partition coefficient (Wildman–Crippen LogP) is 2.50. The van der Waals surface area contributed by atoms with Crippen molar-refractivity contribution < 1.29 is 23.0 Å². The number of nitrogens with one attached hydrogen (secondary N) is 1. The number of alkyl halides is 3. The smallest absolute Gasteiger partial charge is 0.406 e. The predicted molar refractivity (Wildman–Crippen MR) is 87.1 cm³/mol. The number of aromatic nitrogens is 3. The van der Waals surface area contributed by atoms with Crippen LogP contribution in [0.15, 0.2) is 36.5 Å². The number of ether oxygens (including phenoxy) is 1. The molecule has 1 saturated heterocycles. The number of pyridine rings is 1. The van der Waals surface area contributed by atoms with E-state index in [1.54, 1.807) is 16.9 Å². The Morgan fingerprint density at radius 2 is 1.92 bits per heavy atom. The van der Waals surface area contributed by atoms with E-state index >= 15 is 0 Å². The number of hydrogen-bond acceptors (Lipinski definition) is 5. The number of nitrogens with zero attached hydrogens (tertiary/aromatic N) is 3. The molecule has 2 aromatic heterocycles. The molecule has 0 amide bonds. The van der Waals surface area contributed by atoms with Gasteiger partial charge >= 0.3 is 6.36 Å². The van der Waals surface area contributed by atoms with Crippen LogP contribution in [0.3, 0.4) is 0 Å². The summed E-state index contributed by atoms with van der Waals surface area (Å²) in [5.41, 5.74) is 2.67. The molecule has 0 aliphatic carbocycles.